The van der Waals surface area contributed by atoms with Gasteiger partial charge in [-0.3, -0.25) is 9.59 Å². The Kier molecular flexibility index (Phi) is 7.50. The van der Waals surface area contributed by atoms with E-state index >= 15 is 0 Å². The topological polar surface area (TPSA) is 105 Å². The Balaban J connectivity index is 1.35. The van der Waals surface area contributed by atoms with E-state index in [1.165, 1.54) is 0 Å². The maximum atomic E-state index is 12.9. The van der Waals surface area contributed by atoms with Gasteiger partial charge in [-0.1, -0.05) is 68.3 Å². The van der Waals surface area contributed by atoms with Crippen molar-refractivity contribution in [3.63, 3.8) is 0 Å². The van der Waals surface area contributed by atoms with Gasteiger partial charge in [0.15, 0.2) is 0 Å². The summed E-state index contributed by atoms with van der Waals surface area (Å²) >= 11 is 0. The predicted octanol–water partition coefficient (Wildman–Crippen LogP) is 4.45. The third-order valence-corrected chi connectivity index (χ3v) is 6.90. The molecule has 1 saturated carbocycles. The predicted molar refractivity (Wildman–Crippen MR) is 128 cm³/mol. The first-order chi connectivity index (χ1) is 16.5. The standard InChI is InChI=1S/C27H32N2O5/c1-2-8-24(25(30)28-18-10-7-9-17(15-18)26(31)32)29-27(33)34-16-23-21-13-5-3-11-19(21)20-12-4-6-14-22(20)23/h3-6,11-14,17-18,23-24H,2,7-10,15-16H2,1H3,(H,28,30)(H,29,33)(H,31,32)/t17-,18-,24+/m1/s1. The summed E-state index contributed by atoms with van der Waals surface area (Å²) < 4.78 is 5.60. The molecule has 2 aromatic carbocycles. The highest BCUT2D eigenvalue weighted by Crippen LogP contribution is 2.44. The molecule has 0 radical (unpaired) electrons. The number of fused-ring (bicyclic) bond motifs is 3. The monoisotopic (exact) mass is 464 g/mol. The number of carbonyl (C=O) groups excluding carboxylic acids is 2. The average Bonchev–Trinajstić information content (AvgIpc) is 3.16. The lowest BCUT2D eigenvalue weighted by Gasteiger charge is -2.29. The van der Waals surface area contributed by atoms with Gasteiger partial charge in [0.05, 0.1) is 5.92 Å². The Labute approximate surface area is 199 Å². The van der Waals surface area contributed by atoms with Gasteiger partial charge in [0.1, 0.15) is 12.6 Å². The average molecular weight is 465 g/mol. The molecule has 0 saturated heterocycles. The molecule has 7 nitrogen and oxygen atoms in total. The molecule has 0 heterocycles. The molecule has 180 valence electrons. The summed E-state index contributed by atoms with van der Waals surface area (Å²) in [6.07, 6.45) is 3.14. The summed E-state index contributed by atoms with van der Waals surface area (Å²) in [6.45, 7) is 2.13. The van der Waals surface area contributed by atoms with Gasteiger partial charge < -0.3 is 20.5 Å². The van der Waals surface area contributed by atoms with Crippen LogP contribution < -0.4 is 10.6 Å². The van der Waals surface area contributed by atoms with Gasteiger partial charge in [0.25, 0.3) is 0 Å². The summed E-state index contributed by atoms with van der Waals surface area (Å²) in [4.78, 5) is 36.8. The number of hydrogen-bond donors (Lipinski definition) is 3. The van der Waals surface area contributed by atoms with Crippen LogP contribution in [0.5, 0.6) is 0 Å². The van der Waals surface area contributed by atoms with Crippen LogP contribution in [0.1, 0.15) is 62.5 Å². The van der Waals surface area contributed by atoms with Crippen molar-refractivity contribution < 1.29 is 24.2 Å². The largest absolute Gasteiger partial charge is 0.481 e. The van der Waals surface area contributed by atoms with Crippen LogP contribution in [0.4, 0.5) is 4.79 Å². The van der Waals surface area contributed by atoms with Crippen molar-refractivity contribution in [3.05, 3.63) is 59.7 Å². The van der Waals surface area contributed by atoms with Crippen molar-refractivity contribution in [1.29, 1.82) is 0 Å². The van der Waals surface area contributed by atoms with Crippen molar-refractivity contribution >= 4 is 18.0 Å². The molecule has 3 N–H and O–H groups in total. The first kappa shape index (κ1) is 23.8. The first-order valence-corrected chi connectivity index (χ1v) is 12.1. The second-order valence-electron chi connectivity index (χ2n) is 9.22. The molecule has 3 atom stereocenters. The van der Waals surface area contributed by atoms with E-state index in [0.29, 0.717) is 25.7 Å². The highest BCUT2D eigenvalue weighted by atomic mass is 16.5. The lowest BCUT2D eigenvalue weighted by molar-refractivity contribution is -0.143. The minimum atomic E-state index is -0.819. The summed E-state index contributed by atoms with van der Waals surface area (Å²) in [7, 11) is 0. The van der Waals surface area contributed by atoms with Crippen LogP contribution in [-0.4, -0.2) is 41.8 Å². The Morgan fingerprint density at radius 2 is 1.68 bits per heavy atom. The number of ether oxygens (including phenoxy) is 1. The number of carbonyl (C=O) groups is 3. The van der Waals surface area contributed by atoms with Gasteiger partial charge in [0, 0.05) is 12.0 Å². The van der Waals surface area contributed by atoms with Gasteiger partial charge in [0.2, 0.25) is 5.91 Å². The summed E-state index contributed by atoms with van der Waals surface area (Å²) in [6, 6.07) is 15.4. The van der Waals surface area contributed by atoms with Crippen LogP contribution in [0.3, 0.4) is 0 Å². The van der Waals surface area contributed by atoms with Gasteiger partial charge >= 0.3 is 12.1 Å². The molecule has 1 fully saturated rings. The van der Waals surface area contributed by atoms with Gasteiger partial charge in [-0.15, -0.1) is 0 Å². The van der Waals surface area contributed by atoms with E-state index in [4.69, 9.17) is 4.74 Å². The number of aliphatic carboxylic acids is 1. The van der Waals surface area contributed by atoms with Crippen LogP contribution in [0.15, 0.2) is 48.5 Å². The van der Waals surface area contributed by atoms with Crippen molar-refractivity contribution in [1.82, 2.24) is 10.6 Å². The molecule has 7 heteroatoms. The number of benzene rings is 2. The Morgan fingerprint density at radius 1 is 1.03 bits per heavy atom. The van der Waals surface area contributed by atoms with E-state index in [-0.39, 0.29) is 24.5 Å². The normalized spacial score (nSPS) is 20.0. The third kappa shape index (κ3) is 5.24. The Hall–Kier alpha value is -3.35. The second kappa shape index (κ2) is 10.7. The minimum absolute atomic E-state index is 0.0493. The van der Waals surface area contributed by atoms with Crippen LogP contribution in [0.25, 0.3) is 11.1 Å². The van der Waals surface area contributed by atoms with Crippen LogP contribution in [-0.2, 0) is 14.3 Å². The molecule has 2 aromatic rings. The maximum absolute atomic E-state index is 12.9. The second-order valence-corrected chi connectivity index (χ2v) is 9.22. The zero-order valence-corrected chi connectivity index (χ0v) is 19.5. The molecule has 0 bridgehead atoms. The van der Waals surface area contributed by atoms with Crippen molar-refractivity contribution in [2.75, 3.05) is 6.61 Å². The molecule has 2 aliphatic rings. The first-order valence-electron chi connectivity index (χ1n) is 12.1. The molecular weight excluding hydrogens is 432 g/mol. The minimum Gasteiger partial charge on any atom is -0.481 e. The van der Waals surface area contributed by atoms with Gasteiger partial charge in [-0.25, -0.2) is 4.79 Å². The van der Waals surface area contributed by atoms with Crippen molar-refractivity contribution in [2.45, 2.75) is 63.5 Å². The van der Waals surface area contributed by atoms with Crippen LogP contribution in [0.2, 0.25) is 0 Å². The smallest absolute Gasteiger partial charge is 0.407 e. The number of alkyl carbamates (subject to hydrolysis) is 1. The highest BCUT2D eigenvalue weighted by Gasteiger charge is 2.31. The SMILES string of the molecule is CCC[C@H](NC(=O)OCC1c2ccccc2-c2ccccc21)C(=O)N[C@@H]1CCC[C@@H](C(=O)O)C1. The quantitative estimate of drug-likeness (QED) is 0.535. The summed E-state index contributed by atoms with van der Waals surface area (Å²) in [5.74, 6) is -1.59. The van der Waals surface area contributed by atoms with E-state index in [1.807, 2.05) is 31.2 Å². The van der Waals surface area contributed by atoms with E-state index in [0.717, 1.165) is 35.1 Å². The zero-order chi connectivity index (χ0) is 24.1. The summed E-state index contributed by atoms with van der Waals surface area (Å²) in [5, 5.41) is 15.0. The summed E-state index contributed by atoms with van der Waals surface area (Å²) in [5.41, 5.74) is 4.57. The molecule has 34 heavy (non-hydrogen) atoms. The number of carboxylic acid groups (broad SMARTS) is 1. The van der Waals surface area contributed by atoms with E-state index in [1.54, 1.807) is 0 Å². The molecule has 2 aliphatic carbocycles. The fourth-order valence-electron chi connectivity index (χ4n) is 5.19. The number of carboxylic acids is 1. The number of amides is 2. The fraction of sp³-hybridized carbons (Fsp3) is 0.444. The van der Waals surface area contributed by atoms with Crippen molar-refractivity contribution in [2.24, 2.45) is 5.92 Å². The molecule has 2 amide bonds. The third-order valence-electron chi connectivity index (χ3n) is 6.90. The fourth-order valence-corrected chi connectivity index (χ4v) is 5.19. The Morgan fingerprint density at radius 3 is 2.29 bits per heavy atom. The highest BCUT2D eigenvalue weighted by molar-refractivity contribution is 5.86. The van der Waals surface area contributed by atoms with Crippen molar-refractivity contribution in [3.8, 4) is 11.1 Å². The number of nitrogens with one attached hydrogen (secondary N) is 2. The molecule has 0 spiro atoms. The lowest BCUT2D eigenvalue weighted by Crippen LogP contribution is -2.51. The van der Waals surface area contributed by atoms with Crippen LogP contribution >= 0.6 is 0 Å². The number of hydrogen-bond acceptors (Lipinski definition) is 4. The maximum Gasteiger partial charge on any atom is 0.407 e. The van der Waals surface area contributed by atoms with E-state index < -0.39 is 24.0 Å². The molecule has 0 aromatic heterocycles. The lowest BCUT2D eigenvalue weighted by atomic mass is 9.85. The zero-order valence-electron chi connectivity index (χ0n) is 19.5. The van der Waals surface area contributed by atoms with Gasteiger partial charge in [-0.05, 0) is 47.9 Å². The molecule has 4 rings (SSSR count). The Bertz CT molecular complexity index is 1010. The van der Waals surface area contributed by atoms with E-state index in [9.17, 15) is 19.5 Å². The van der Waals surface area contributed by atoms with Crippen LogP contribution in [0, 0.1) is 5.92 Å². The molecule has 0 aliphatic heterocycles. The molecule has 0 unspecified atom stereocenters. The van der Waals surface area contributed by atoms with Gasteiger partial charge in [-0.2, -0.15) is 0 Å². The number of rotatable bonds is 8. The molecular formula is C27H32N2O5. The van der Waals surface area contributed by atoms with E-state index in [2.05, 4.69) is 34.9 Å².